The fourth-order valence-corrected chi connectivity index (χ4v) is 1.82. The summed E-state index contributed by atoms with van der Waals surface area (Å²) >= 11 is 6.15. The fraction of sp³-hybridized carbons (Fsp3) is 0.571. The van der Waals surface area contributed by atoms with E-state index in [1.165, 1.54) is 0 Å². The minimum atomic E-state index is 0. The van der Waals surface area contributed by atoms with Crippen LogP contribution in [0, 0.1) is 6.92 Å². The smallest absolute Gasteiger partial charge is 0.122 e. The molecule has 0 saturated carbocycles. The van der Waals surface area contributed by atoms with E-state index in [9.17, 15) is 0 Å². The minimum absolute atomic E-state index is 0. The van der Waals surface area contributed by atoms with E-state index in [0.29, 0.717) is 0 Å². The molecule has 0 amide bonds. The zero-order valence-electron chi connectivity index (χ0n) is 11.3. The van der Waals surface area contributed by atoms with Gasteiger partial charge in [0.1, 0.15) is 5.75 Å². The van der Waals surface area contributed by atoms with Gasteiger partial charge in [0.15, 0.2) is 0 Å². The summed E-state index contributed by atoms with van der Waals surface area (Å²) in [6.45, 7) is 6.91. The van der Waals surface area contributed by atoms with Gasteiger partial charge in [-0.3, -0.25) is 0 Å². The molecule has 104 valence electrons. The number of hydrogen-bond donors (Lipinski definition) is 1. The highest BCUT2D eigenvalue weighted by molar-refractivity contribution is 6.31. The van der Waals surface area contributed by atoms with Crippen LogP contribution in [0.4, 0.5) is 0 Å². The third-order valence-electron chi connectivity index (χ3n) is 2.81. The fourth-order valence-electron chi connectivity index (χ4n) is 1.63. The molecule has 0 saturated heterocycles. The van der Waals surface area contributed by atoms with Crippen LogP contribution in [0.25, 0.3) is 0 Å². The third-order valence-corrected chi connectivity index (χ3v) is 3.22. The van der Waals surface area contributed by atoms with Crippen molar-refractivity contribution in [1.29, 1.82) is 0 Å². The summed E-state index contributed by atoms with van der Waals surface area (Å²) in [6, 6.07) is 4.16. The Morgan fingerprint density at radius 2 is 2.00 bits per heavy atom. The molecule has 0 radical (unpaired) electrons. The number of aryl methyl sites for hydroxylation is 1. The van der Waals surface area contributed by atoms with Gasteiger partial charge >= 0.3 is 0 Å². The zero-order chi connectivity index (χ0) is 12.8. The van der Waals surface area contributed by atoms with E-state index in [1.54, 1.807) is 0 Å². The molecule has 0 aromatic heterocycles. The number of rotatable bonds is 6. The van der Waals surface area contributed by atoms with Gasteiger partial charge in [-0.05, 0) is 49.4 Å². The lowest BCUT2D eigenvalue weighted by Gasteiger charge is -2.15. The monoisotopic (exact) mass is 291 g/mol. The molecule has 1 atom stereocenters. The maximum atomic E-state index is 6.15. The molecule has 2 nitrogen and oxygen atoms in total. The van der Waals surface area contributed by atoms with Crippen LogP contribution in [-0.4, -0.2) is 12.6 Å². The van der Waals surface area contributed by atoms with Crippen molar-refractivity contribution in [3.63, 3.8) is 0 Å². The van der Waals surface area contributed by atoms with Crippen molar-refractivity contribution in [2.24, 2.45) is 5.73 Å². The lowest BCUT2D eigenvalue weighted by atomic mass is 10.0. The second-order valence-corrected chi connectivity index (χ2v) is 4.84. The third kappa shape index (κ3) is 5.05. The minimum Gasteiger partial charge on any atom is -0.493 e. The molecule has 0 bridgehead atoms. The van der Waals surface area contributed by atoms with Gasteiger partial charge in [-0.15, -0.1) is 12.4 Å². The van der Waals surface area contributed by atoms with E-state index in [2.05, 4.69) is 13.8 Å². The molecule has 0 spiro atoms. The quantitative estimate of drug-likeness (QED) is 0.855. The predicted octanol–water partition coefficient (Wildman–Crippen LogP) is 4.14. The first-order chi connectivity index (χ1) is 8.08. The molecule has 1 rings (SSSR count). The Morgan fingerprint density at radius 1 is 1.33 bits per heavy atom. The summed E-state index contributed by atoms with van der Waals surface area (Å²) < 4.78 is 5.75. The molecular formula is C14H23Cl2NO. The van der Waals surface area contributed by atoms with E-state index >= 15 is 0 Å². The molecule has 2 N–H and O–H groups in total. The Bertz CT molecular complexity index is 369. The standard InChI is InChI=1S/C14H22ClNO.ClH/c1-4-6-17-14-7-10(3)13(15)9-11(14)8-12(16)5-2;/h7,9,12H,4-6,8,16H2,1-3H3;1H. The molecular weight excluding hydrogens is 269 g/mol. The van der Waals surface area contributed by atoms with Crippen LogP contribution in [0.5, 0.6) is 5.75 Å². The molecule has 1 unspecified atom stereocenters. The molecule has 1 aromatic carbocycles. The van der Waals surface area contributed by atoms with Gasteiger partial charge in [-0.2, -0.15) is 0 Å². The van der Waals surface area contributed by atoms with E-state index in [1.807, 2.05) is 19.1 Å². The maximum Gasteiger partial charge on any atom is 0.122 e. The van der Waals surface area contributed by atoms with Crippen LogP contribution in [0.3, 0.4) is 0 Å². The van der Waals surface area contributed by atoms with Gasteiger partial charge < -0.3 is 10.5 Å². The molecule has 0 aliphatic rings. The van der Waals surface area contributed by atoms with Gasteiger partial charge in [0.2, 0.25) is 0 Å². The Morgan fingerprint density at radius 3 is 2.56 bits per heavy atom. The summed E-state index contributed by atoms with van der Waals surface area (Å²) in [4.78, 5) is 0. The lowest BCUT2D eigenvalue weighted by Crippen LogP contribution is -2.21. The van der Waals surface area contributed by atoms with E-state index in [-0.39, 0.29) is 18.4 Å². The summed E-state index contributed by atoms with van der Waals surface area (Å²) in [6.07, 6.45) is 2.77. The topological polar surface area (TPSA) is 35.2 Å². The summed E-state index contributed by atoms with van der Waals surface area (Å²) in [5, 5.41) is 0.784. The van der Waals surface area contributed by atoms with Crippen molar-refractivity contribution in [3.05, 3.63) is 28.3 Å². The van der Waals surface area contributed by atoms with Crippen LogP contribution in [0.2, 0.25) is 5.02 Å². The summed E-state index contributed by atoms with van der Waals surface area (Å²) in [5.74, 6) is 0.928. The Labute approximate surface area is 121 Å². The van der Waals surface area contributed by atoms with Gasteiger partial charge in [-0.25, -0.2) is 0 Å². The molecule has 0 fully saturated rings. The predicted molar refractivity (Wildman–Crippen MR) is 81.2 cm³/mol. The molecule has 18 heavy (non-hydrogen) atoms. The summed E-state index contributed by atoms with van der Waals surface area (Å²) in [7, 11) is 0. The van der Waals surface area contributed by atoms with Crippen LogP contribution < -0.4 is 10.5 Å². The largest absolute Gasteiger partial charge is 0.493 e. The highest BCUT2D eigenvalue weighted by atomic mass is 35.5. The van der Waals surface area contributed by atoms with E-state index in [4.69, 9.17) is 22.1 Å². The van der Waals surface area contributed by atoms with Crippen molar-refractivity contribution in [3.8, 4) is 5.75 Å². The molecule has 0 aliphatic carbocycles. The van der Waals surface area contributed by atoms with Crippen LogP contribution in [0.1, 0.15) is 37.8 Å². The highest BCUT2D eigenvalue weighted by Gasteiger charge is 2.10. The summed E-state index contributed by atoms with van der Waals surface area (Å²) in [5.41, 5.74) is 8.15. The first kappa shape index (κ1) is 17.6. The normalized spacial score (nSPS) is 11.8. The first-order valence-corrected chi connectivity index (χ1v) is 6.63. The Balaban J connectivity index is 0.00000289. The Hall–Kier alpha value is -0.440. The second kappa shape index (κ2) is 8.63. The van der Waals surface area contributed by atoms with Crippen molar-refractivity contribution in [2.75, 3.05) is 6.61 Å². The number of nitrogens with two attached hydrogens (primary N) is 1. The van der Waals surface area contributed by atoms with Crippen LogP contribution in [-0.2, 0) is 6.42 Å². The van der Waals surface area contributed by atoms with Crippen LogP contribution in [0.15, 0.2) is 12.1 Å². The Kier molecular flexibility index (Phi) is 8.41. The molecule has 0 heterocycles. The molecule has 1 aromatic rings. The number of halogens is 2. The first-order valence-electron chi connectivity index (χ1n) is 6.25. The maximum absolute atomic E-state index is 6.15. The highest BCUT2D eigenvalue weighted by Crippen LogP contribution is 2.28. The number of ether oxygens (including phenoxy) is 1. The van der Waals surface area contributed by atoms with Gasteiger partial charge in [0.05, 0.1) is 6.61 Å². The van der Waals surface area contributed by atoms with Gasteiger partial charge in [0, 0.05) is 11.1 Å². The van der Waals surface area contributed by atoms with Crippen molar-refractivity contribution >= 4 is 24.0 Å². The lowest BCUT2D eigenvalue weighted by molar-refractivity contribution is 0.313. The van der Waals surface area contributed by atoms with E-state index in [0.717, 1.165) is 47.8 Å². The average molecular weight is 292 g/mol. The number of hydrogen-bond acceptors (Lipinski definition) is 2. The molecule has 4 heteroatoms. The zero-order valence-corrected chi connectivity index (χ0v) is 12.9. The van der Waals surface area contributed by atoms with Crippen molar-refractivity contribution < 1.29 is 4.74 Å². The number of benzene rings is 1. The molecule has 0 aliphatic heterocycles. The van der Waals surface area contributed by atoms with Crippen molar-refractivity contribution in [1.82, 2.24) is 0 Å². The van der Waals surface area contributed by atoms with Crippen molar-refractivity contribution in [2.45, 2.75) is 46.1 Å². The SMILES string of the molecule is CCCOc1cc(C)c(Cl)cc1CC(N)CC.Cl. The van der Waals surface area contributed by atoms with Gasteiger partial charge in [-0.1, -0.05) is 25.4 Å². The van der Waals surface area contributed by atoms with E-state index < -0.39 is 0 Å². The van der Waals surface area contributed by atoms with Gasteiger partial charge in [0.25, 0.3) is 0 Å². The van der Waals surface area contributed by atoms with Crippen LogP contribution >= 0.6 is 24.0 Å². The average Bonchev–Trinajstić information content (AvgIpc) is 2.31. The second-order valence-electron chi connectivity index (χ2n) is 4.43.